The van der Waals surface area contributed by atoms with Crippen molar-refractivity contribution in [3.05, 3.63) is 29.3 Å². The van der Waals surface area contributed by atoms with Gasteiger partial charge in [-0.1, -0.05) is 0 Å². The van der Waals surface area contributed by atoms with Gasteiger partial charge in [0.15, 0.2) is 5.78 Å². The molecule has 1 aromatic rings. The maximum Gasteiger partial charge on any atom is 0.220 e. The fraction of sp³-hybridized carbons (Fsp3) is 0.556. The Morgan fingerprint density at radius 2 is 2.04 bits per heavy atom. The second-order valence-corrected chi connectivity index (χ2v) is 6.83. The lowest BCUT2D eigenvalue weighted by molar-refractivity contribution is -0.121. The molecule has 8 heteroatoms. The van der Waals surface area contributed by atoms with Gasteiger partial charge in [-0.05, 0) is 23.8 Å². The number of carbonyl (C=O) groups excluding carboxylic acids is 2. The van der Waals surface area contributed by atoms with Gasteiger partial charge in [0.1, 0.15) is 5.75 Å². The number of ketones is 1. The number of rotatable bonds is 6. The Hall–Kier alpha value is -2.00. The number of fused-ring (bicyclic) bond motifs is 1. The van der Waals surface area contributed by atoms with Crippen LogP contribution in [0.2, 0.25) is 0 Å². The van der Waals surface area contributed by atoms with Gasteiger partial charge in [-0.15, -0.1) is 0 Å². The van der Waals surface area contributed by atoms with Crippen molar-refractivity contribution in [2.75, 3.05) is 20.3 Å². The van der Waals surface area contributed by atoms with Gasteiger partial charge in [-0.3, -0.25) is 9.59 Å². The molecule has 1 saturated heterocycles. The molecule has 0 saturated carbocycles. The first-order chi connectivity index (χ1) is 12.4. The van der Waals surface area contributed by atoms with Gasteiger partial charge < -0.3 is 30.7 Å². The number of benzene rings is 1. The van der Waals surface area contributed by atoms with Crippen LogP contribution in [0.4, 0.5) is 0 Å². The summed E-state index contributed by atoms with van der Waals surface area (Å²) in [6.07, 6.45) is -1.70. The summed E-state index contributed by atoms with van der Waals surface area (Å²) in [4.78, 5) is 24.4. The smallest absolute Gasteiger partial charge is 0.220 e. The fourth-order valence-electron chi connectivity index (χ4n) is 3.69. The van der Waals surface area contributed by atoms with Crippen LogP contribution in [-0.4, -0.2) is 71.6 Å². The molecule has 5 N–H and O–H groups in total. The molecule has 1 fully saturated rings. The molecule has 142 valence electrons. The van der Waals surface area contributed by atoms with Gasteiger partial charge in [-0.25, -0.2) is 0 Å². The van der Waals surface area contributed by atoms with Crippen LogP contribution in [0.3, 0.4) is 0 Å². The van der Waals surface area contributed by atoms with E-state index in [9.17, 15) is 19.8 Å². The minimum absolute atomic E-state index is 0.0160. The van der Waals surface area contributed by atoms with Crippen molar-refractivity contribution >= 4 is 11.7 Å². The number of aliphatic hydroxyl groups is 3. The number of ether oxygens (including phenoxy) is 1. The summed E-state index contributed by atoms with van der Waals surface area (Å²) in [7, 11) is 1.55. The number of amides is 1. The van der Waals surface area contributed by atoms with Gasteiger partial charge >= 0.3 is 0 Å². The zero-order valence-electron chi connectivity index (χ0n) is 14.5. The molecule has 1 unspecified atom stereocenters. The number of nitrogens with one attached hydrogen (secondary N) is 2. The van der Waals surface area contributed by atoms with Crippen LogP contribution in [0.15, 0.2) is 18.2 Å². The highest BCUT2D eigenvalue weighted by atomic mass is 16.5. The Balaban J connectivity index is 1.58. The molecule has 26 heavy (non-hydrogen) atoms. The quantitative estimate of drug-likeness (QED) is 0.435. The summed E-state index contributed by atoms with van der Waals surface area (Å²) >= 11 is 0. The van der Waals surface area contributed by atoms with Gasteiger partial charge in [0, 0.05) is 30.9 Å². The molecule has 3 rings (SSSR count). The number of hydrogen-bond donors (Lipinski definition) is 5. The molecule has 0 aromatic heterocycles. The molecule has 2 aliphatic rings. The summed E-state index contributed by atoms with van der Waals surface area (Å²) in [6.45, 7) is -0.176. The summed E-state index contributed by atoms with van der Waals surface area (Å²) in [5.41, 5.74) is 1.45. The van der Waals surface area contributed by atoms with E-state index in [1.807, 2.05) is 0 Å². The molecular formula is C18H24N2O6. The van der Waals surface area contributed by atoms with Crippen molar-refractivity contribution in [1.29, 1.82) is 0 Å². The Morgan fingerprint density at radius 1 is 1.31 bits per heavy atom. The SMILES string of the molecule is COc1ccc2c(c1)C(CC(=O)NC[C@H]1N[C@H](CO)[C@H](O)[C@@H]1O)CC2=O. The first-order valence-corrected chi connectivity index (χ1v) is 8.65. The summed E-state index contributed by atoms with van der Waals surface area (Å²) in [5, 5.41) is 34.5. The molecule has 0 bridgehead atoms. The second-order valence-electron chi connectivity index (χ2n) is 6.83. The number of methoxy groups -OCH3 is 1. The molecule has 5 atom stereocenters. The molecule has 1 amide bonds. The Kier molecular flexibility index (Phi) is 5.57. The van der Waals surface area contributed by atoms with E-state index in [-0.39, 0.29) is 43.6 Å². The van der Waals surface area contributed by atoms with E-state index >= 15 is 0 Å². The van der Waals surface area contributed by atoms with Crippen LogP contribution < -0.4 is 15.4 Å². The molecule has 1 heterocycles. The van der Waals surface area contributed by atoms with Crippen molar-refractivity contribution in [3.8, 4) is 5.75 Å². The molecule has 0 radical (unpaired) electrons. The molecule has 1 aliphatic carbocycles. The van der Waals surface area contributed by atoms with Gasteiger partial charge in [0.05, 0.1) is 38.0 Å². The highest BCUT2D eigenvalue weighted by Crippen LogP contribution is 2.37. The normalized spacial score (nSPS) is 30.3. The first-order valence-electron chi connectivity index (χ1n) is 8.65. The third kappa shape index (κ3) is 3.59. The van der Waals surface area contributed by atoms with E-state index in [0.29, 0.717) is 11.3 Å². The Labute approximate surface area is 151 Å². The standard InChI is InChI=1S/C18H24N2O6/c1-26-10-2-3-11-12(6-10)9(4-15(11)22)5-16(23)19-7-13-17(24)18(25)14(8-21)20-13/h2-3,6,9,13-14,17-18,20-21,24-25H,4-5,7-8H2,1H3,(H,19,23)/t9?,13-,14-,17-,18+/m1/s1. The number of hydrogen-bond acceptors (Lipinski definition) is 7. The third-order valence-corrected chi connectivity index (χ3v) is 5.18. The van der Waals surface area contributed by atoms with Gasteiger partial charge in [-0.2, -0.15) is 0 Å². The summed E-state index contributed by atoms with van der Waals surface area (Å²) in [5.74, 6) is 0.215. The van der Waals surface area contributed by atoms with E-state index in [0.717, 1.165) is 5.56 Å². The Bertz CT molecular complexity index is 694. The highest BCUT2D eigenvalue weighted by molar-refractivity contribution is 6.02. The van der Waals surface area contributed by atoms with Crippen LogP contribution in [0, 0.1) is 0 Å². The van der Waals surface area contributed by atoms with Crippen LogP contribution in [0.5, 0.6) is 5.75 Å². The average Bonchev–Trinajstić information content (AvgIpc) is 3.10. The lowest BCUT2D eigenvalue weighted by atomic mass is 9.97. The largest absolute Gasteiger partial charge is 0.497 e. The van der Waals surface area contributed by atoms with E-state index in [1.165, 1.54) is 0 Å². The highest BCUT2D eigenvalue weighted by Gasteiger charge is 2.40. The van der Waals surface area contributed by atoms with E-state index in [1.54, 1.807) is 25.3 Å². The van der Waals surface area contributed by atoms with Crippen LogP contribution >= 0.6 is 0 Å². The van der Waals surface area contributed by atoms with Crippen molar-refractivity contribution in [2.24, 2.45) is 0 Å². The van der Waals surface area contributed by atoms with E-state index in [4.69, 9.17) is 9.84 Å². The van der Waals surface area contributed by atoms with E-state index < -0.39 is 24.3 Å². The summed E-state index contributed by atoms with van der Waals surface area (Å²) < 4.78 is 5.19. The maximum absolute atomic E-state index is 12.3. The number of Topliss-reactive ketones (excluding diaryl/α,β-unsaturated/α-hetero) is 1. The minimum Gasteiger partial charge on any atom is -0.497 e. The minimum atomic E-state index is -1.08. The molecular weight excluding hydrogens is 340 g/mol. The zero-order chi connectivity index (χ0) is 18.8. The average molecular weight is 364 g/mol. The number of aliphatic hydroxyl groups excluding tert-OH is 3. The van der Waals surface area contributed by atoms with Crippen LogP contribution in [0.25, 0.3) is 0 Å². The van der Waals surface area contributed by atoms with Crippen molar-refractivity contribution in [1.82, 2.24) is 10.6 Å². The van der Waals surface area contributed by atoms with Crippen LogP contribution in [0.1, 0.15) is 34.7 Å². The Morgan fingerprint density at radius 3 is 2.69 bits per heavy atom. The maximum atomic E-state index is 12.3. The van der Waals surface area contributed by atoms with Crippen molar-refractivity contribution in [2.45, 2.75) is 43.1 Å². The lowest BCUT2D eigenvalue weighted by Crippen LogP contribution is -2.44. The first kappa shape index (κ1) is 18.8. The van der Waals surface area contributed by atoms with E-state index in [2.05, 4.69) is 10.6 Å². The van der Waals surface area contributed by atoms with Crippen molar-refractivity contribution < 1.29 is 29.6 Å². The molecule has 1 aromatic carbocycles. The monoisotopic (exact) mass is 364 g/mol. The predicted molar refractivity (Wildman–Crippen MR) is 92.1 cm³/mol. The predicted octanol–water partition coefficient (Wildman–Crippen LogP) is -1.07. The second kappa shape index (κ2) is 7.71. The molecule has 1 aliphatic heterocycles. The lowest BCUT2D eigenvalue weighted by Gasteiger charge is -2.17. The van der Waals surface area contributed by atoms with Crippen molar-refractivity contribution in [3.63, 3.8) is 0 Å². The fourth-order valence-corrected chi connectivity index (χ4v) is 3.69. The summed E-state index contributed by atoms with van der Waals surface area (Å²) in [6, 6.07) is 4.10. The molecule has 8 nitrogen and oxygen atoms in total. The van der Waals surface area contributed by atoms with Gasteiger partial charge in [0.25, 0.3) is 0 Å². The van der Waals surface area contributed by atoms with Gasteiger partial charge in [0.2, 0.25) is 5.91 Å². The third-order valence-electron chi connectivity index (χ3n) is 5.18. The zero-order valence-corrected chi connectivity index (χ0v) is 14.5. The van der Waals surface area contributed by atoms with Crippen LogP contribution in [-0.2, 0) is 4.79 Å². The topological polar surface area (TPSA) is 128 Å². The molecule has 0 spiro atoms. The number of carbonyl (C=O) groups is 2.